The van der Waals surface area contributed by atoms with Crippen LogP contribution in [0.4, 0.5) is 4.79 Å². The fourth-order valence-corrected chi connectivity index (χ4v) is 6.02. The van der Waals surface area contributed by atoms with Crippen molar-refractivity contribution in [3.63, 3.8) is 0 Å². The lowest BCUT2D eigenvalue weighted by Gasteiger charge is -2.19. The molecule has 4 rings (SSSR count). The minimum absolute atomic E-state index is 0.00193. The van der Waals surface area contributed by atoms with E-state index >= 15 is 0 Å². The minimum atomic E-state index is -4.21. The van der Waals surface area contributed by atoms with Crippen molar-refractivity contribution in [2.45, 2.75) is 56.3 Å². The van der Waals surface area contributed by atoms with Crippen LogP contribution in [0.15, 0.2) is 93.9 Å². The number of amidine groups is 1. The van der Waals surface area contributed by atoms with Gasteiger partial charge in [-0.1, -0.05) is 78.0 Å². The van der Waals surface area contributed by atoms with Crippen LogP contribution in [0.1, 0.15) is 44.7 Å². The molecule has 2 amide bonds. The molecule has 1 aliphatic heterocycles. The van der Waals surface area contributed by atoms with Crippen molar-refractivity contribution in [1.82, 2.24) is 10.0 Å². The third-order valence-corrected chi connectivity index (χ3v) is 8.34. The molecule has 3 aromatic rings. The minimum Gasteiger partial charge on any atom is -0.468 e. The number of rotatable bonds is 11. The summed E-state index contributed by atoms with van der Waals surface area (Å²) in [7, 11) is -3.08. The summed E-state index contributed by atoms with van der Waals surface area (Å²) in [6.45, 7) is 4.82. The number of ether oxygens (including phenoxy) is 2. The fourth-order valence-electron chi connectivity index (χ4n) is 4.61. The van der Waals surface area contributed by atoms with Crippen LogP contribution >= 0.6 is 0 Å². The summed E-state index contributed by atoms with van der Waals surface area (Å²) in [5.41, 5.74) is 8.21. The van der Waals surface area contributed by atoms with E-state index in [1.807, 2.05) is 6.07 Å². The van der Waals surface area contributed by atoms with E-state index in [1.165, 1.54) is 6.07 Å². The monoisotopic (exact) mass is 663 g/mol. The topological polar surface area (TPSA) is 188 Å². The largest absolute Gasteiger partial charge is 0.468 e. The van der Waals surface area contributed by atoms with Crippen molar-refractivity contribution >= 4 is 39.5 Å². The number of esters is 1. The van der Waals surface area contributed by atoms with Crippen LogP contribution in [-0.4, -0.2) is 69.3 Å². The predicted molar refractivity (Wildman–Crippen MR) is 175 cm³/mol. The smallest absolute Gasteiger partial charge is 0.436 e. The van der Waals surface area contributed by atoms with Crippen LogP contribution in [0.25, 0.3) is 11.1 Å². The maximum absolute atomic E-state index is 13.4. The van der Waals surface area contributed by atoms with Gasteiger partial charge in [0.2, 0.25) is 15.9 Å². The Morgan fingerprint density at radius 2 is 1.66 bits per heavy atom. The van der Waals surface area contributed by atoms with Gasteiger partial charge in [0.15, 0.2) is 0 Å². The van der Waals surface area contributed by atoms with E-state index in [-0.39, 0.29) is 23.7 Å². The number of amides is 2. The molecule has 0 radical (unpaired) electrons. The summed E-state index contributed by atoms with van der Waals surface area (Å²) in [6.07, 6.45) is -1.16. The first kappa shape index (κ1) is 34.8. The highest BCUT2D eigenvalue weighted by Gasteiger charge is 2.30. The Morgan fingerprint density at radius 3 is 2.32 bits per heavy atom. The number of carbonyl (C=O) groups is 3. The van der Waals surface area contributed by atoms with Crippen molar-refractivity contribution in [1.29, 1.82) is 0 Å². The first-order valence-electron chi connectivity index (χ1n) is 14.7. The lowest BCUT2D eigenvalue weighted by atomic mass is 10.0. The van der Waals surface area contributed by atoms with Crippen LogP contribution in [0.5, 0.6) is 0 Å². The second kappa shape index (κ2) is 15.0. The highest BCUT2D eigenvalue weighted by atomic mass is 32.2. The number of nitrogens with two attached hydrogens (primary N) is 1. The van der Waals surface area contributed by atoms with Gasteiger partial charge in [-0.25, -0.2) is 13.2 Å². The normalized spacial score (nSPS) is 15.6. The van der Waals surface area contributed by atoms with Gasteiger partial charge in [-0.2, -0.15) is 9.71 Å². The molecule has 248 valence electrons. The van der Waals surface area contributed by atoms with E-state index < -0.39 is 45.7 Å². The van der Waals surface area contributed by atoms with Gasteiger partial charge in [-0.05, 0) is 38.0 Å². The van der Waals surface area contributed by atoms with Gasteiger partial charge in [0.1, 0.15) is 23.6 Å². The van der Waals surface area contributed by atoms with Crippen molar-refractivity contribution in [3.8, 4) is 11.1 Å². The highest BCUT2D eigenvalue weighted by molar-refractivity contribution is 7.89. The predicted octanol–water partition coefficient (Wildman–Crippen LogP) is 3.51. The van der Waals surface area contributed by atoms with Crippen molar-refractivity contribution < 1.29 is 37.1 Å². The molecule has 14 heteroatoms. The molecule has 47 heavy (non-hydrogen) atoms. The number of methoxy groups -OCH3 is 1. The van der Waals surface area contributed by atoms with Crippen LogP contribution in [0, 0.1) is 0 Å². The Labute approximate surface area is 273 Å². The number of benzene rings is 3. The number of nitrogens with one attached hydrogen (secondary N) is 2. The van der Waals surface area contributed by atoms with E-state index in [0.29, 0.717) is 28.8 Å². The summed E-state index contributed by atoms with van der Waals surface area (Å²) in [5.74, 6) is -1.35. The molecule has 0 aliphatic carbocycles. The first-order chi connectivity index (χ1) is 22.3. The molecule has 1 aliphatic rings. The standard InChI is InChI=1S/C33H37N5O8S/c1-33(2,3)45-32(41)36-30(34)23-16-14-22(15-17-23)26-18-24(46-37-26)19-29(39)35-20-27(31(40)44-4)38-47(42,43)28-13-9-8-12-25(28)21-10-6-5-7-11-21/h5-17,24,27,38H,18-20H2,1-4H3,(H,35,39)(H2,34,36,41)/t24?,27-/m0/s1. The number of sulfonamides is 1. The molecule has 0 aromatic heterocycles. The number of nitrogens with zero attached hydrogens (tertiary/aromatic N) is 2. The number of aliphatic imine (C=N–C) groups is 1. The second-order valence-corrected chi connectivity index (χ2v) is 13.3. The van der Waals surface area contributed by atoms with E-state index in [0.717, 1.165) is 12.7 Å². The Kier molecular flexibility index (Phi) is 11.1. The van der Waals surface area contributed by atoms with Gasteiger partial charge < -0.3 is 25.4 Å². The molecule has 0 fully saturated rings. The summed E-state index contributed by atoms with van der Waals surface area (Å²) >= 11 is 0. The molecule has 2 atom stereocenters. The maximum Gasteiger partial charge on any atom is 0.436 e. The first-order valence-corrected chi connectivity index (χ1v) is 16.2. The van der Waals surface area contributed by atoms with Gasteiger partial charge in [0.05, 0.1) is 24.1 Å². The van der Waals surface area contributed by atoms with Crippen LogP contribution in [0.2, 0.25) is 0 Å². The molecule has 1 heterocycles. The van der Waals surface area contributed by atoms with E-state index in [9.17, 15) is 22.8 Å². The van der Waals surface area contributed by atoms with E-state index in [2.05, 4.69) is 20.2 Å². The fraction of sp³-hybridized carbons (Fsp3) is 0.303. The molecular formula is C33H37N5O8S. The summed E-state index contributed by atoms with van der Waals surface area (Å²) in [5, 5.41) is 6.68. The quantitative estimate of drug-likeness (QED) is 0.157. The molecule has 13 nitrogen and oxygen atoms in total. The van der Waals surface area contributed by atoms with E-state index in [1.54, 1.807) is 87.5 Å². The van der Waals surface area contributed by atoms with E-state index in [4.69, 9.17) is 20.0 Å². The van der Waals surface area contributed by atoms with Crippen LogP contribution < -0.4 is 15.8 Å². The maximum atomic E-state index is 13.4. The molecule has 4 N–H and O–H groups in total. The number of carbonyl (C=O) groups excluding carboxylic acids is 3. The molecule has 0 saturated carbocycles. The summed E-state index contributed by atoms with van der Waals surface area (Å²) in [6, 6.07) is 20.8. The zero-order valence-corrected chi connectivity index (χ0v) is 27.2. The molecular weight excluding hydrogens is 626 g/mol. The van der Waals surface area contributed by atoms with Gasteiger partial charge in [-0.15, -0.1) is 0 Å². The van der Waals surface area contributed by atoms with Crippen molar-refractivity contribution in [2.24, 2.45) is 15.9 Å². The molecule has 0 saturated heterocycles. The Balaban J connectivity index is 1.33. The van der Waals surface area contributed by atoms with Crippen LogP contribution in [0.3, 0.4) is 0 Å². The van der Waals surface area contributed by atoms with Gasteiger partial charge in [-0.3, -0.25) is 9.59 Å². The number of oxime groups is 1. The zero-order chi connectivity index (χ0) is 34.2. The molecule has 0 bridgehead atoms. The average Bonchev–Trinajstić information content (AvgIpc) is 3.50. The Morgan fingerprint density at radius 1 is 1.00 bits per heavy atom. The lowest BCUT2D eigenvalue weighted by Crippen LogP contribution is -2.49. The SMILES string of the molecule is COC(=O)[C@H](CNC(=O)CC1CC(c2ccc(/C(N)=N\C(=O)OC(C)(C)C)cc2)=NO1)NS(=O)(=O)c1ccccc1-c1ccccc1. The number of hydrogen-bond donors (Lipinski definition) is 3. The van der Waals surface area contributed by atoms with Crippen molar-refractivity contribution in [2.75, 3.05) is 13.7 Å². The van der Waals surface area contributed by atoms with Crippen molar-refractivity contribution in [3.05, 3.63) is 90.0 Å². The molecule has 1 unspecified atom stereocenters. The lowest BCUT2D eigenvalue weighted by molar-refractivity contribution is -0.142. The zero-order valence-electron chi connectivity index (χ0n) is 26.4. The summed E-state index contributed by atoms with van der Waals surface area (Å²) in [4.78, 5) is 46.5. The average molecular weight is 664 g/mol. The third kappa shape index (κ3) is 9.70. The van der Waals surface area contributed by atoms with Crippen LogP contribution in [-0.2, 0) is 33.9 Å². The molecule has 0 spiro atoms. The van der Waals surface area contributed by atoms with Gasteiger partial charge in [0, 0.05) is 24.1 Å². The van der Waals surface area contributed by atoms with Gasteiger partial charge >= 0.3 is 12.1 Å². The Hall–Kier alpha value is -5.08. The third-order valence-electron chi connectivity index (χ3n) is 6.81. The second-order valence-electron chi connectivity index (χ2n) is 11.6. The Bertz CT molecular complexity index is 1770. The summed E-state index contributed by atoms with van der Waals surface area (Å²) < 4.78 is 39.1. The highest BCUT2D eigenvalue weighted by Crippen LogP contribution is 2.27. The molecule has 3 aromatic carbocycles. The van der Waals surface area contributed by atoms with Gasteiger partial charge in [0.25, 0.3) is 0 Å². The number of hydrogen-bond acceptors (Lipinski definition) is 9.